The lowest BCUT2D eigenvalue weighted by molar-refractivity contribution is 0.598. The lowest BCUT2D eigenvalue weighted by atomic mass is 10.1. The van der Waals surface area contributed by atoms with Gasteiger partial charge in [-0.3, -0.25) is 0 Å². The van der Waals surface area contributed by atoms with Crippen LogP contribution in [-0.2, 0) is 0 Å². The highest BCUT2D eigenvalue weighted by atomic mass is 32.1. The summed E-state index contributed by atoms with van der Waals surface area (Å²) in [7, 11) is 0. The second-order valence-corrected chi connectivity index (χ2v) is 5.28. The van der Waals surface area contributed by atoms with Crippen molar-refractivity contribution in [2.24, 2.45) is 0 Å². The molecule has 1 aromatic rings. The first-order valence-corrected chi connectivity index (χ1v) is 6.88. The zero-order valence-corrected chi connectivity index (χ0v) is 11.4. The van der Waals surface area contributed by atoms with Crippen LogP contribution in [-0.4, -0.2) is 11.2 Å². The van der Waals surface area contributed by atoms with E-state index in [-0.39, 0.29) is 11.9 Å². The molecule has 0 heterocycles. The van der Waals surface area contributed by atoms with E-state index >= 15 is 0 Å². The molecule has 18 heavy (non-hydrogen) atoms. The molecule has 1 aliphatic carbocycles. The molecule has 1 aromatic carbocycles. The average molecular weight is 266 g/mol. The fraction of sp³-hybridized carbons (Fsp3) is 0.500. The van der Waals surface area contributed by atoms with E-state index in [1.165, 1.54) is 37.8 Å². The molecule has 2 nitrogen and oxygen atoms in total. The molecule has 1 fully saturated rings. The quantitative estimate of drug-likeness (QED) is 0.821. The Bertz CT molecular complexity index is 416. The van der Waals surface area contributed by atoms with Crippen molar-refractivity contribution in [2.75, 3.05) is 0 Å². The van der Waals surface area contributed by atoms with Crippen molar-refractivity contribution < 1.29 is 4.39 Å². The Labute approximate surface area is 113 Å². The molecule has 0 amide bonds. The van der Waals surface area contributed by atoms with Gasteiger partial charge in [0.25, 0.3) is 0 Å². The highest BCUT2D eigenvalue weighted by molar-refractivity contribution is 7.80. The minimum absolute atomic E-state index is 0.0158. The van der Waals surface area contributed by atoms with Crippen LogP contribution in [0.15, 0.2) is 24.3 Å². The summed E-state index contributed by atoms with van der Waals surface area (Å²) in [6.07, 6.45) is 4.94. The van der Waals surface area contributed by atoms with Crippen molar-refractivity contribution in [3.8, 4) is 0 Å². The summed E-state index contributed by atoms with van der Waals surface area (Å²) in [4.78, 5) is 0. The zero-order valence-electron chi connectivity index (χ0n) is 10.6. The second kappa shape index (κ2) is 6.14. The Morgan fingerprint density at radius 3 is 2.78 bits per heavy atom. The maximum atomic E-state index is 13.1. The first kappa shape index (κ1) is 13.3. The summed E-state index contributed by atoms with van der Waals surface area (Å²) in [5.41, 5.74) is 0.908. The Morgan fingerprint density at radius 2 is 2.11 bits per heavy atom. The number of hydrogen-bond acceptors (Lipinski definition) is 1. The highest BCUT2D eigenvalue weighted by Crippen LogP contribution is 2.18. The lowest BCUT2D eigenvalue weighted by Crippen LogP contribution is -2.41. The van der Waals surface area contributed by atoms with Crippen LogP contribution >= 0.6 is 12.2 Å². The Balaban J connectivity index is 1.86. The van der Waals surface area contributed by atoms with E-state index in [0.717, 1.165) is 5.56 Å². The third kappa shape index (κ3) is 3.67. The van der Waals surface area contributed by atoms with Gasteiger partial charge in [0.2, 0.25) is 0 Å². The minimum atomic E-state index is -0.212. The number of benzene rings is 1. The summed E-state index contributed by atoms with van der Waals surface area (Å²) in [6.45, 7) is 1.98. The molecular weight excluding hydrogens is 247 g/mol. The number of halogens is 1. The van der Waals surface area contributed by atoms with Crippen LogP contribution in [0.4, 0.5) is 4.39 Å². The van der Waals surface area contributed by atoms with Crippen molar-refractivity contribution in [1.29, 1.82) is 0 Å². The maximum absolute atomic E-state index is 13.1. The summed E-state index contributed by atoms with van der Waals surface area (Å²) in [6, 6.07) is 7.13. The van der Waals surface area contributed by atoms with Gasteiger partial charge in [0.1, 0.15) is 5.82 Å². The van der Waals surface area contributed by atoms with E-state index in [2.05, 4.69) is 10.6 Å². The van der Waals surface area contributed by atoms with E-state index in [0.29, 0.717) is 11.2 Å². The van der Waals surface area contributed by atoms with Crippen LogP contribution < -0.4 is 10.6 Å². The highest BCUT2D eigenvalue weighted by Gasteiger charge is 2.16. The molecular formula is C14H19FN2S. The lowest BCUT2D eigenvalue weighted by Gasteiger charge is -2.20. The minimum Gasteiger partial charge on any atom is -0.360 e. The molecule has 0 saturated heterocycles. The van der Waals surface area contributed by atoms with E-state index in [4.69, 9.17) is 12.2 Å². The molecule has 1 atom stereocenters. The first-order valence-electron chi connectivity index (χ1n) is 6.47. The van der Waals surface area contributed by atoms with Gasteiger partial charge in [-0.2, -0.15) is 0 Å². The number of nitrogens with one attached hydrogen (secondary N) is 2. The Morgan fingerprint density at radius 1 is 1.39 bits per heavy atom. The summed E-state index contributed by atoms with van der Waals surface area (Å²) in [5.74, 6) is -0.212. The van der Waals surface area contributed by atoms with Crippen LogP contribution in [0.25, 0.3) is 0 Å². The van der Waals surface area contributed by atoms with Gasteiger partial charge in [-0.05, 0) is 49.7 Å². The molecule has 0 aliphatic heterocycles. The molecule has 0 aromatic heterocycles. The van der Waals surface area contributed by atoms with Crippen molar-refractivity contribution in [3.63, 3.8) is 0 Å². The SMILES string of the molecule is CC(NC(=S)NC1CCCC1)c1cccc(F)c1. The molecule has 1 aliphatic rings. The standard InChI is InChI=1S/C14H19FN2S/c1-10(11-5-4-6-12(15)9-11)16-14(18)17-13-7-2-3-8-13/h4-6,9-10,13H,2-3,7-8H2,1H3,(H2,16,17,18). The van der Waals surface area contributed by atoms with Gasteiger partial charge >= 0.3 is 0 Å². The fourth-order valence-corrected chi connectivity index (χ4v) is 2.70. The summed E-state index contributed by atoms with van der Waals surface area (Å²) < 4.78 is 13.1. The smallest absolute Gasteiger partial charge is 0.166 e. The van der Waals surface area contributed by atoms with E-state index in [1.54, 1.807) is 6.07 Å². The van der Waals surface area contributed by atoms with Gasteiger partial charge in [-0.15, -0.1) is 0 Å². The molecule has 2 rings (SSSR count). The molecule has 98 valence electrons. The molecule has 2 N–H and O–H groups in total. The number of thiocarbonyl (C=S) groups is 1. The normalized spacial score (nSPS) is 17.4. The summed E-state index contributed by atoms with van der Waals surface area (Å²) in [5, 5.41) is 7.19. The van der Waals surface area contributed by atoms with Gasteiger partial charge < -0.3 is 10.6 Å². The van der Waals surface area contributed by atoms with Crippen molar-refractivity contribution in [2.45, 2.75) is 44.7 Å². The Kier molecular flexibility index (Phi) is 4.53. The second-order valence-electron chi connectivity index (χ2n) is 4.88. The fourth-order valence-electron chi connectivity index (χ4n) is 2.35. The molecule has 1 unspecified atom stereocenters. The summed E-state index contributed by atoms with van der Waals surface area (Å²) >= 11 is 5.28. The van der Waals surface area contributed by atoms with Gasteiger partial charge in [-0.25, -0.2) is 4.39 Å². The van der Waals surface area contributed by atoms with Crippen LogP contribution in [0.3, 0.4) is 0 Å². The van der Waals surface area contributed by atoms with E-state index in [1.807, 2.05) is 13.0 Å². The van der Waals surface area contributed by atoms with Crippen LogP contribution in [0.5, 0.6) is 0 Å². The van der Waals surface area contributed by atoms with Gasteiger partial charge in [-0.1, -0.05) is 25.0 Å². The monoisotopic (exact) mass is 266 g/mol. The zero-order chi connectivity index (χ0) is 13.0. The molecule has 0 bridgehead atoms. The van der Waals surface area contributed by atoms with E-state index < -0.39 is 0 Å². The first-order chi connectivity index (χ1) is 8.65. The van der Waals surface area contributed by atoms with Gasteiger partial charge in [0, 0.05) is 6.04 Å². The molecule has 4 heteroatoms. The van der Waals surface area contributed by atoms with Crippen LogP contribution in [0.1, 0.15) is 44.2 Å². The number of hydrogen-bond donors (Lipinski definition) is 2. The average Bonchev–Trinajstić information content (AvgIpc) is 2.81. The number of rotatable bonds is 3. The maximum Gasteiger partial charge on any atom is 0.166 e. The van der Waals surface area contributed by atoms with Crippen molar-refractivity contribution >= 4 is 17.3 Å². The van der Waals surface area contributed by atoms with Crippen molar-refractivity contribution in [3.05, 3.63) is 35.6 Å². The van der Waals surface area contributed by atoms with E-state index in [9.17, 15) is 4.39 Å². The van der Waals surface area contributed by atoms with Gasteiger partial charge in [0.15, 0.2) is 5.11 Å². The molecule has 0 radical (unpaired) electrons. The predicted molar refractivity (Wildman–Crippen MR) is 75.9 cm³/mol. The van der Waals surface area contributed by atoms with Crippen LogP contribution in [0.2, 0.25) is 0 Å². The van der Waals surface area contributed by atoms with Crippen LogP contribution in [0, 0.1) is 5.82 Å². The molecule has 1 saturated carbocycles. The third-order valence-corrected chi connectivity index (χ3v) is 3.62. The topological polar surface area (TPSA) is 24.1 Å². The predicted octanol–water partition coefficient (Wildman–Crippen LogP) is 3.29. The molecule has 0 spiro atoms. The van der Waals surface area contributed by atoms with Crippen molar-refractivity contribution in [1.82, 2.24) is 10.6 Å². The third-order valence-electron chi connectivity index (χ3n) is 3.39. The Hall–Kier alpha value is -1.16. The van der Waals surface area contributed by atoms with Gasteiger partial charge in [0.05, 0.1) is 6.04 Å². The largest absolute Gasteiger partial charge is 0.360 e.